The second-order valence-corrected chi connectivity index (χ2v) is 5.03. The highest BCUT2D eigenvalue weighted by molar-refractivity contribution is 7.09. The van der Waals surface area contributed by atoms with Crippen LogP contribution in [0.2, 0.25) is 5.02 Å². The Balaban J connectivity index is 2.08. The van der Waals surface area contributed by atoms with Crippen molar-refractivity contribution in [3.05, 3.63) is 40.7 Å². The van der Waals surface area contributed by atoms with Gasteiger partial charge in [-0.3, -0.25) is 0 Å². The molecule has 1 atom stereocenters. The van der Waals surface area contributed by atoms with Crippen LogP contribution in [-0.2, 0) is 6.18 Å². The monoisotopic (exact) mass is 307 g/mol. The predicted molar refractivity (Wildman–Crippen MR) is 68.4 cm³/mol. The summed E-state index contributed by atoms with van der Waals surface area (Å²) >= 11 is 6.45. The molecule has 0 aliphatic heterocycles. The van der Waals surface area contributed by atoms with Crippen molar-refractivity contribution in [2.45, 2.75) is 19.1 Å². The van der Waals surface area contributed by atoms with Gasteiger partial charge in [0.05, 0.1) is 6.04 Å². The molecule has 0 saturated carbocycles. The van der Waals surface area contributed by atoms with Crippen molar-refractivity contribution in [1.82, 2.24) is 9.36 Å². The predicted octanol–water partition coefficient (Wildman–Crippen LogP) is 4.38. The third kappa shape index (κ3) is 3.57. The molecule has 0 spiro atoms. The second-order valence-electron chi connectivity index (χ2n) is 3.84. The molecule has 1 unspecified atom stereocenters. The molecule has 19 heavy (non-hydrogen) atoms. The summed E-state index contributed by atoms with van der Waals surface area (Å²) in [5, 5.41) is 3.61. The lowest BCUT2D eigenvalue weighted by atomic mass is 10.1. The molecule has 0 radical (unpaired) electrons. The lowest BCUT2D eigenvalue weighted by Crippen LogP contribution is -2.09. The van der Waals surface area contributed by atoms with Crippen LogP contribution >= 0.6 is 23.1 Å². The number of hydrogen-bond acceptors (Lipinski definition) is 4. The maximum absolute atomic E-state index is 12.3. The summed E-state index contributed by atoms with van der Waals surface area (Å²) in [6, 6.07) is 6.84. The third-order valence-corrected chi connectivity index (χ3v) is 3.29. The SMILES string of the molecule is CC(Nc1nc(C(F)(F)F)ns1)c1ccc(Cl)cc1. The molecule has 1 aromatic carbocycles. The Morgan fingerprint density at radius 1 is 1.26 bits per heavy atom. The van der Waals surface area contributed by atoms with E-state index in [1.807, 2.05) is 6.92 Å². The highest BCUT2D eigenvalue weighted by Crippen LogP contribution is 2.30. The number of benzene rings is 1. The van der Waals surface area contributed by atoms with Crippen LogP contribution in [0.3, 0.4) is 0 Å². The van der Waals surface area contributed by atoms with Crippen LogP contribution in [0.25, 0.3) is 0 Å². The molecule has 2 aromatic rings. The van der Waals surface area contributed by atoms with Crippen LogP contribution in [0.5, 0.6) is 0 Å². The van der Waals surface area contributed by atoms with Crippen LogP contribution in [-0.4, -0.2) is 9.36 Å². The summed E-state index contributed by atoms with van der Waals surface area (Å²) in [7, 11) is 0. The van der Waals surface area contributed by atoms with Gasteiger partial charge in [-0.25, -0.2) is 0 Å². The van der Waals surface area contributed by atoms with Crippen molar-refractivity contribution in [2.75, 3.05) is 5.32 Å². The number of hydrogen-bond donors (Lipinski definition) is 1. The van der Waals surface area contributed by atoms with Crippen molar-refractivity contribution in [3.8, 4) is 0 Å². The molecule has 102 valence electrons. The lowest BCUT2D eigenvalue weighted by molar-refractivity contribution is -0.144. The van der Waals surface area contributed by atoms with Crippen LogP contribution in [0.4, 0.5) is 18.3 Å². The fourth-order valence-corrected chi connectivity index (χ4v) is 2.22. The van der Waals surface area contributed by atoms with Crippen molar-refractivity contribution in [2.24, 2.45) is 0 Å². The average molecular weight is 308 g/mol. The molecule has 1 aromatic heterocycles. The fourth-order valence-electron chi connectivity index (χ4n) is 1.42. The summed E-state index contributed by atoms with van der Waals surface area (Å²) in [5.41, 5.74) is 0.896. The summed E-state index contributed by atoms with van der Waals surface area (Å²) in [6.07, 6.45) is -4.51. The molecule has 1 N–H and O–H groups in total. The molecule has 0 aliphatic rings. The van der Waals surface area contributed by atoms with E-state index in [1.165, 1.54) is 0 Å². The summed E-state index contributed by atoms with van der Waals surface area (Å²) in [6.45, 7) is 1.82. The molecular weight excluding hydrogens is 299 g/mol. The Labute approximate surface area is 116 Å². The molecule has 1 heterocycles. The molecule has 0 aliphatic carbocycles. The minimum Gasteiger partial charge on any atom is -0.354 e. The average Bonchev–Trinajstić information content (AvgIpc) is 2.78. The van der Waals surface area contributed by atoms with Gasteiger partial charge in [-0.15, -0.1) is 0 Å². The van der Waals surface area contributed by atoms with Gasteiger partial charge in [-0.05, 0) is 24.6 Å². The first-order valence-electron chi connectivity index (χ1n) is 5.29. The molecule has 0 saturated heterocycles. The number of aromatic nitrogens is 2. The Bertz CT molecular complexity index is 553. The van der Waals surface area contributed by atoms with Crippen molar-refractivity contribution >= 4 is 28.3 Å². The van der Waals surface area contributed by atoms with Crippen LogP contribution in [0.1, 0.15) is 24.4 Å². The van der Waals surface area contributed by atoms with Crippen LogP contribution in [0, 0.1) is 0 Å². The van der Waals surface area contributed by atoms with Gasteiger partial charge in [0.2, 0.25) is 11.0 Å². The van der Waals surface area contributed by atoms with E-state index in [1.54, 1.807) is 24.3 Å². The van der Waals surface area contributed by atoms with Gasteiger partial charge in [-0.2, -0.15) is 22.5 Å². The molecule has 0 bridgehead atoms. The van der Waals surface area contributed by atoms with Gasteiger partial charge < -0.3 is 5.32 Å². The molecule has 3 nitrogen and oxygen atoms in total. The zero-order valence-electron chi connectivity index (χ0n) is 9.70. The summed E-state index contributed by atoms with van der Waals surface area (Å²) < 4.78 is 40.3. The summed E-state index contributed by atoms with van der Waals surface area (Å²) in [5.74, 6) is -1.12. The fraction of sp³-hybridized carbons (Fsp3) is 0.273. The molecule has 8 heteroatoms. The Hall–Kier alpha value is -1.34. The van der Waals surface area contributed by atoms with Gasteiger partial charge in [0.15, 0.2) is 0 Å². The normalized spacial score (nSPS) is 13.3. The van der Waals surface area contributed by atoms with E-state index < -0.39 is 12.0 Å². The van der Waals surface area contributed by atoms with E-state index in [2.05, 4.69) is 14.7 Å². The zero-order chi connectivity index (χ0) is 14.0. The first-order chi connectivity index (χ1) is 8.86. The zero-order valence-corrected chi connectivity index (χ0v) is 11.3. The van der Waals surface area contributed by atoms with Crippen molar-refractivity contribution in [1.29, 1.82) is 0 Å². The van der Waals surface area contributed by atoms with Gasteiger partial charge in [0.1, 0.15) is 0 Å². The van der Waals surface area contributed by atoms with E-state index >= 15 is 0 Å². The van der Waals surface area contributed by atoms with Crippen molar-refractivity contribution < 1.29 is 13.2 Å². The van der Waals surface area contributed by atoms with Crippen molar-refractivity contribution in [3.63, 3.8) is 0 Å². The topological polar surface area (TPSA) is 37.8 Å². The standard InChI is InChI=1S/C11H9ClF3N3S/c1-6(7-2-4-8(12)5-3-7)16-10-17-9(18-19-10)11(13,14)15/h2-6H,1H3,(H,16,17,18). The smallest absolute Gasteiger partial charge is 0.354 e. The molecule has 0 amide bonds. The summed E-state index contributed by atoms with van der Waals surface area (Å²) in [4.78, 5) is 3.41. The Morgan fingerprint density at radius 3 is 2.42 bits per heavy atom. The number of halogens is 4. The number of alkyl halides is 3. The second kappa shape index (κ2) is 5.34. The number of nitrogens with one attached hydrogen (secondary N) is 1. The largest absolute Gasteiger partial charge is 0.452 e. The third-order valence-electron chi connectivity index (χ3n) is 2.39. The van der Waals surface area contributed by atoms with Gasteiger partial charge in [0.25, 0.3) is 0 Å². The van der Waals surface area contributed by atoms with E-state index in [9.17, 15) is 13.2 Å². The van der Waals surface area contributed by atoms with Gasteiger partial charge in [-0.1, -0.05) is 23.7 Å². The maximum Gasteiger partial charge on any atom is 0.452 e. The molecule has 0 fully saturated rings. The minimum absolute atomic E-state index is 0.134. The Morgan fingerprint density at radius 2 is 1.89 bits per heavy atom. The maximum atomic E-state index is 12.3. The number of nitrogens with zero attached hydrogens (tertiary/aromatic N) is 2. The van der Waals surface area contributed by atoms with E-state index in [0.29, 0.717) is 16.6 Å². The van der Waals surface area contributed by atoms with E-state index in [0.717, 1.165) is 5.56 Å². The van der Waals surface area contributed by atoms with Gasteiger partial charge in [0, 0.05) is 16.6 Å². The number of rotatable bonds is 3. The first kappa shape index (κ1) is 14.1. The molecule has 2 rings (SSSR count). The Kier molecular flexibility index (Phi) is 3.96. The molecular formula is C11H9ClF3N3S. The van der Waals surface area contributed by atoms with Crippen LogP contribution < -0.4 is 5.32 Å². The van der Waals surface area contributed by atoms with E-state index in [4.69, 9.17) is 11.6 Å². The van der Waals surface area contributed by atoms with E-state index in [-0.39, 0.29) is 11.2 Å². The first-order valence-corrected chi connectivity index (χ1v) is 6.44. The van der Waals surface area contributed by atoms with Gasteiger partial charge >= 0.3 is 6.18 Å². The highest BCUT2D eigenvalue weighted by Gasteiger charge is 2.36. The quantitative estimate of drug-likeness (QED) is 0.914. The minimum atomic E-state index is -4.51. The van der Waals surface area contributed by atoms with Crippen LogP contribution in [0.15, 0.2) is 24.3 Å². The highest BCUT2D eigenvalue weighted by atomic mass is 35.5. The lowest BCUT2D eigenvalue weighted by Gasteiger charge is -2.12. The number of anilines is 1.